The normalized spacial score (nSPS) is 10.4. The van der Waals surface area contributed by atoms with E-state index in [4.69, 9.17) is 39.5 Å². The predicted octanol–water partition coefficient (Wildman–Crippen LogP) is 6.10. The minimum Gasteiger partial charge on any atom is -0.422 e. The highest BCUT2D eigenvalue weighted by Gasteiger charge is 2.21. The first kappa shape index (κ1) is 18.5. The van der Waals surface area contributed by atoms with Crippen LogP contribution in [0.3, 0.4) is 0 Å². The number of benzene rings is 3. The van der Waals surface area contributed by atoms with Crippen molar-refractivity contribution in [3.63, 3.8) is 0 Å². The molecule has 0 unspecified atom stereocenters. The van der Waals surface area contributed by atoms with Gasteiger partial charge in [0.1, 0.15) is 5.75 Å². The van der Waals surface area contributed by atoms with Crippen LogP contribution in [0.5, 0.6) is 5.75 Å². The van der Waals surface area contributed by atoms with Gasteiger partial charge in [0.05, 0.1) is 21.2 Å². The molecular weight excluding hydrogens is 395 g/mol. The summed E-state index contributed by atoms with van der Waals surface area (Å²) in [6, 6.07) is 17.6. The summed E-state index contributed by atoms with van der Waals surface area (Å²) in [6.45, 7) is 0. The molecule has 3 aromatic rings. The predicted molar refractivity (Wildman–Crippen MR) is 103 cm³/mol. The van der Waals surface area contributed by atoms with Gasteiger partial charge >= 0.3 is 5.97 Å². The third-order valence-electron chi connectivity index (χ3n) is 3.59. The Bertz CT molecular complexity index is 985. The Morgan fingerprint density at radius 1 is 0.769 bits per heavy atom. The maximum Gasteiger partial charge on any atom is 0.343 e. The molecule has 0 saturated carbocycles. The average molecular weight is 406 g/mol. The summed E-state index contributed by atoms with van der Waals surface area (Å²) < 4.78 is 5.40. The van der Waals surface area contributed by atoms with E-state index in [1.165, 1.54) is 18.2 Å². The van der Waals surface area contributed by atoms with E-state index in [1.54, 1.807) is 48.5 Å². The number of carbonyl (C=O) groups excluding carboxylic acids is 2. The number of carbonyl (C=O) groups is 2. The fourth-order valence-corrected chi connectivity index (χ4v) is 2.88. The number of halogens is 3. The monoisotopic (exact) mass is 404 g/mol. The number of ketones is 1. The standard InChI is InChI=1S/C20H11Cl3O3/c21-13-9-10-17(26-20(25)12-5-2-1-3-6-12)15(11-13)19(24)14-7-4-8-16(22)18(14)23/h1-11H. The first-order valence-electron chi connectivity index (χ1n) is 7.53. The Hall–Kier alpha value is -2.33. The van der Waals surface area contributed by atoms with Crippen LogP contribution in [0.15, 0.2) is 66.7 Å². The van der Waals surface area contributed by atoms with E-state index < -0.39 is 11.8 Å². The van der Waals surface area contributed by atoms with Gasteiger partial charge in [0, 0.05) is 10.6 Å². The Labute approximate surface area is 165 Å². The topological polar surface area (TPSA) is 43.4 Å². The number of rotatable bonds is 4. The Kier molecular flexibility index (Phi) is 5.62. The quantitative estimate of drug-likeness (QED) is 0.299. The lowest BCUT2D eigenvalue weighted by atomic mass is 10.0. The third-order valence-corrected chi connectivity index (χ3v) is 4.65. The van der Waals surface area contributed by atoms with Gasteiger partial charge in [-0.2, -0.15) is 0 Å². The van der Waals surface area contributed by atoms with Crippen LogP contribution in [-0.4, -0.2) is 11.8 Å². The molecule has 0 aliphatic heterocycles. The van der Waals surface area contributed by atoms with Crippen molar-refractivity contribution in [3.05, 3.63) is 98.5 Å². The maximum atomic E-state index is 12.9. The van der Waals surface area contributed by atoms with Gasteiger partial charge in [0.15, 0.2) is 5.78 Å². The molecule has 0 radical (unpaired) electrons. The molecular formula is C20H11Cl3O3. The molecule has 0 atom stereocenters. The highest BCUT2D eigenvalue weighted by molar-refractivity contribution is 6.44. The van der Waals surface area contributed by atoms with Crippen LogP contribution in [0, 0.1) is 0 Å². The van der Waals surface area contributed by atoms with Crippen LogP contribution >= 0.6 is 34.8 Å². The van der Waals surface area contributed by atoms with E-state index in [0.717, 1.165) is 0 Å². The molecule has 0 aromatic heterocycles. The third kappa shape index (κ3) is 3.91. The van der Waals surface area contributed by atoms with Crippen molar-refractivity contribution in [2.45, 2.75) is 0 Å². The summed E-state index contributed by atoms with van der Waals surface area (Å²) in [5.41, 5.74) is 0.672. The smallest absolute Gasteiger partial charge is 0.343 e. The fourth-order valence-electron chi connectivity index (χ4n) is 2.33. The van der Waals surface area contributed by atoms with Crippen molar-refractivity contribution in [2.75, 3.05) is 0 Å². The first-order chi connectivity index (χ1) is 12.5. The first-order valence-corrected chi connectivity index (χ1v) is 8.66. The summed E-state index contributed by atoms with van der Waals surface area (Å²) in [6.07, 6.45) is 0. The summed E-state index contributed by atoms with van der Waals surface area (Å²) in [5.74, 6) is -0.945. The molecule has 0 aliphatic rings. The second-order valence-electron chi connectivity index (χ2n) is 5.33. The van der Waals surface area contributed by atoms with Crippen LogP contribution in [0.2, 0.25) is 15.1 Å². The van der Waals surface area contributed by atoms with Crippen molar-refractivity contribution in [2.24, 2.45) is 0 Å². The lowest BCUT2D eigenvalue weighted by Crippen LogP contribution is -2.12. The van der Waals surface area contributed by atoms with Crippen LogP contribution in [0.4, 0.5) is 0 Å². The zero-order valence-electron chi connectivity index (χ0n) is 13.2. The van der Waals surface area contributed by atoms with Gasteiger partial charge in [-0.3, -0.25) is 4.79 Å². The molecule has 6 heteroatoms. The largest absolute Gasteiger partial charge is 0.422 e. The molecule has 0 bridgehead atoms. The maximum absolute atomic E-state index is 12.9. The molecule has 3 nitrogen and oxygen atoms in total. The van der Waals surface area contributed by atoms with Gasteiger partial charge < -0.3 is 4.74 Å². The lowest BCUT2D eigenvalue weighted by Gasteiger charge is -2.11. The van der Waals surface area contributed by atoms with Crippen molar-refractivity contribution >= 4 is 46.6 Å². The van der Waals surface area contributed by atoms with Gasteiger partial charge in [0.2, 0.25) is 0 Å². The Morgan fingerprint density at radius 3 is 2.23 bits per heavy atom. The molecule has 0 heterocycles. The summed E-state index contributed by atoms with van der Waals surface area (Å²) in [5, 5.41) is 0.702. The highest BCUT2D eigenvalue weighted by Crippen LogP contribution is 2.31. The van der Waals surface area contributed by atoms with Gasteiger partial charge in [-0.15, -0.1) is 0 Å². The van der Waals surface area contributed by atoms with Crippen molar-refractivity contribution in [3.8, 4) is 5.75 Å². The van der Waals surface area contributed by atoms with E-state index in [0.29, 0.717) is 10.6 Å². The fraction of sp³-hybridized carbons (Fsp3) is 0. The van der Waals surface area contributed by atoms with E-state index in [2.05, 4.69) is 0 Å². The molecule has 0 amide bonds. The van der Waals surface area contributed by atoms with Crippen molar-refractivity contribution in [1.29, 1.82) is 0 Å². The second-order valence-corrected chi connectivity index (χ2v) is 6.55. The highest BCUT2D eigenvalue weighted by atomic mass is 35.5. The zero-order chi connectivity index (χ0) is 18.7. The minimum absolute atomic E-state index is 0.0873. The summed E-state index contributed by atoms with van der Waals surface area (Å²) in [7, 11) is 0. The van der Waals surface area contributed by atoms with Gasteiger partial charge in [0.25, 0.3) is 0 Å². The number of esters is 1. The van der Waals surface area contributed by atoms with Crippen molar-refractivity contribution in [1.82, 2.24) is 0 Å². The number of hydrogen-bond donors (Lipinski definition) is 0. The second kappa shape index (κ2) is 7.92. The molecule has 130 valence electrons. The van der Waals surface area contributed by atoms with E-state index in [1.807, 2.05) is 0 Å². The van der Waals surface area contributed by atoms with E-state index in [-0.39, 0.29) is 26.9 Å². The van der Waals surface area contributed by atoms with Crippen molar-refractivity contribution < 1.29 is 14.3 Å². The van der Waals surface area contributed by atoms with E-state index >= 15 is 0 Å². The minimum atomic E-state index is -0.584. The Morgan fingerprint density at radius 2 is 1.50 bits per heavy atom. The molecule has 0 saturated heterocycles. The molecule has 0 aliphatic carbocycles. The number of hydrogen-bond acceptors (Lipinski definition) is 3. The zero-order valence-corrected chi connectivity index (χ0v) is 15.5. The summed E-state index contributed by atoms with van der Waals surface area (Å²) in [4.78, 5) is 25.2. The Balaban J connectivity index is 2.00. The van der Waals surface area contributed by atoms with Crippen LogP contribution in [0.1, 0.15) is 26.3 Å². The molecule has 26 heavy (non-hydrogen) atoms. The molecule has 3 rings (SSSR count). The molecule has 0 fully saturated rings. The number of ether oxygens (including phenoxy) is 1. The van der Waals surface area contributed by atoms with Gasteiger partial charge in [-0.25, -0.2) is 4.79 Å². The lowest BCUT2D eigenvalue weighted by molar-refractivity contribution is 0.0733. The van der Waals surface area contributed by atoms with Crippen LogP contribution in [0.25, 0.3) is 0 Å². The molecule has 3 aromatic carbocycles. The van der Waals surface area contributed by atoms with Gasteiger partial charge in [-0.05, 0) is 42.5 Å². The van der Waals surface area contributed by atoms with Gasteiger partial charge in [-0.1, -0.05) is 59.1 Å². The summed E-state index contributed by atoms with van der Waals surface area (Å²) >= 11 is 18.1. The SMILES string of the molecule is O=C(Oc1ccc(Cl)cc1C(=O)c1cccc(Cl)c1Cl)c1ccccc1. The van der Waals surface area contributed by atoms with Crippen LogP contribution < -0.4 is 4.74 Å². The average Bonchev–Trinajstić information content (AvgIpc) is 2.65. The molecule has 0 N–H and O–H groups in total. The van der Waals surface area contributed by atoms with Crippen LogP contribution in [-0.2, 0) is 0 Å². The van der Waals surface area contributed by atoms with E-state index in [9.17, 15) is 9.59 Å². The molecule has 0 spiro atoms.